The normalized spacial score (nSPS) is 15.4. The Labute approximate surface area is 450 Å². The van der Waals surface area contributed by atoms with Crippen molar-refractivity contribution < 1.29 is 66.9 Å². The zero-order valence-electron chi connectivity index (χ0n) is 42.3. The standard InChI is InChI=1S/3C19H15F4N2O.Ga/c3*1-2-3-10-26-19-17(22)15(20)14(16(21)18(19)23)13(11-6-4-8-24-11)12-7-5-9-25-12;/h3*4-9H,2-3,10H2,1H3;/q3*-1;+3. The van der Waals surface area contributed by atoms with E-state index in [4.69, 9.17) is 14.2 Å². The summed E-state index contributed by atoms with van der Waals surface area (Å²) < 4.78 is 218. The molecule has 3 aliphatic rings. The SMILES string of the molecule is CCCCOc1c(F)c(F)c(C(=C2C=CC=N2)c2ccc[n]2[Ga]([n]2cccc2C(=C2C=CC=N2)c2c(F)c(F)c(OCCCC)c(F)c2F)[n]2cccc2C(=C2C=CC=N2)c2c(F)c(F)c(OCCCC)c(F)c2F)c(F)c1F. The second-order valence-corrected chi connectivity index (χ2v) is 22.9. The molecule has 9 nitrogen and oxygen atoms in total. The first-order valence-electron chi connectivity index (χ1n) is 25.0. The minimum absolute atomic E-state index is 0.244. The van der Waals surface area contributed by atoms with Crippen LogP contribution in [0.5, 0.6) is 17.2 Å². The molecular weight excluding hydrogens is 1110 g/mol. The van der Waals surface area contributed by atoms with Gasteiger partial charge in [-0.2, -0.15) is 0 Å². The fourth-order valence-electron chi connectivity index (χ4n) is 9.16. The summed E-state index contributed by atoms with van der Waals surface area (Å²) in [5.74, 6) is -26.6. The van der Waals surface area contributed by atoms with E-state index < -0.39 is 137 Å². The van der Waals surface area contributed by atoms with Gasteiger partial charge < -0.3 is 0 Å². The van der Waals surface area contributed by atoms with Gasteiger partial charge in [0.2, 0.25) is 0 Å². The van der Waals surface area contributed by atoms with Gasteiger partial charge in [0.25, 0.3) is 0 Å². The van der Waals surface area contributed by atoms with Crippen molar-refractivity contribution in [2.24, 2.45) is 15.0 Å². The van der Waals surface area contributed by atoms with Gasteiger partial charge in [0.1, 0.15) is 0 Å². The van der Waals surface area contributed by atoms with E-state index in [-0.39, 0.29) is 73.3 Å². The van der Waals surface area contributed by atoms with Gasteiger partial charge in [-0.05, 0) is 0 Å². The van der Waals surface area contributed by atoms with Gasteiger partial charge in [-0.1, -0.05) is 0 Å². The number of nitrogens with zero attached hydrogens (tertiary/aromatic N) is 6. The van der Waals surface area contributed by atoms with Crippen molar-refractivity contribution in [2.75, 3.05) is 19.8 Å². The number of allylic oxidation sites excluding steroid dienone is 6. The molecule has 0 fully saturated rings. The van der Waals surface area contributed by atoms with Crippen molar-refractivity contribution >= 4 is 52.3 Å². The summed E-state index contributed by atoms with van der Waals surface area (Å²) in [7, 11) is 0. The molecule has 0 unspecified atom stereocenters. The van der Waals surface area contributed by atoms with Gasteiger partial charge in [-0.3, -0.25) is 0 Å². The minimum atomic E-state index is -4.97. The fourth-order valence-corrected chi connectivity index (χ4v) is 15.4. The van der Waals surface area contributed by atoms with E-state index in [2.05, 4.69) is 15.0 Å². The van der Waals surface area contributed by atoms with Crippen LogP contribution in [0.15, 0.2) is 124 Å². The molecule has 0 atom stereocenters. The van der Waals surface area contributed by atoms with Gasteiger partial charge in [0.05, 0.1) is 0 Å². The van der Waals surface area contributed by atoms with Gasteiger partial charge in [-0.15, -0.1) is 0 Å². The molecule has 6 heterocycles. The van der Waals surface area contributed by atoms with Crippen molar-refractivity contribution in [3.8, 4) is 17.2 Å². The van der Waals surface area contributed by atoms with Crippen molar-refractivity contribution in [3.05, 3.63) is 212 Å². The average Bonchev–Trinajstić information content (AvgIpc) is 4.48. The molecule has 0 spiro atoms. The summed E-state index contributed by atoms with van der Waals surface area (Å²) >= 11 is -4.97. The van der Waals surface area contributed by atoms with Crippen LogP contribution in [0.25, 0.3) is 16.7 Å². The molecule has 79 heavy (non-hydrogen) atoms. The summed E-state index contributed by atoms with van der Waals surface area (Å²) in [6, 6.07) is 7.98. The Morgan fingerprint density at radius 1 is 0.392 bits per heavy atom. The number of aliphatic imine (C=N–C) groups is 3. The molecule has 22 heteroatoms. The van der Waals surface area contributed by atoms with E-state index in [1.54, 1.807) is 20.8 Å². The summed E-state index contributed by atoms with van der Waals surface area (Å²) in [5, 5.41) is 0. The molecule has 9 rings (SSSR count). The summed E-state index contributed by atoms with van der Waals surface area (Å²) in [4.78, 5) is 12.8. The molecule has 0 amide bonds. The van der Waals surface area contributed by atoms with Gasteiger partial charge in [0.15, 0.2) is 0 Å². The van der Waals surface area contributed by atoms with Crippen LogP contribution in [0.4, 0.5) is 52.7 Å². The molecule has 408 valence electrons. The summed E-state index contributed by atoms with van der Waals surface area (Å²) in [5.41, 5.74) is -6.93. The van der Waals surface area contributed by atoms with Crippen LogP contribution in [-0.4, -0.2) is 65.2 Å². The van der Waals surface area contributed by atoms with Crippen molar-refractivity contribution in [1.82, 2.24) is 9.82 Å². The van der Waals surface area contributed by atoms with Gasteiger partial charge in [-0.25, -0.2) is 0 Å². The molecule has 6 aromatic rings. The maximum atomic E-state index is 16.8. The molecule has 3 aromatic heterocycles. The molecule has 0 N–H and O–H groups in total. The quantitative estimate of drug-likeness (QED) is 0.0312. The van der Waals surface area contributed by atoms with E-state index in [0.717, 1.165) is 0 Å². The number of halogens is 12. The van der Waals surface area contributed by atoms with Crippen LogP contribution in [0.2, 0.25) is 0 Å². The molecule has 0 saturated carbocycles. The first-order valence-corrected chi connectivity index (χ1v) is 28.3. The fraction of sp³-hybridized carbons (Fsp3) is 0.211. The second kappa shape index (κ2) is 24.0. The number of hydrogen-bond donors (Lipinski definition) is 0. The van der Waals surface area contributed by atoms with Crippen molar-refractivity contribution in [2.45, 2.75) is 59.3 Å². The monoisotopic (exact) mass is 1160 g/mol. The van der Waals surface area contributed by atoms with Gasteiger partial charge >= 0.3 is 452 Å². The third kappa shape index (κ3) is 10.3. The predicted octanol–water partition coefficient (Wildman–Crippen LogP) is 14.4. The maximum absolute atomic E-state index is 16.8. The van der Waals surface area contributed by atoms with Crippen LogP contribution in [0, 0.1) is 69.8 Å². The number of rotatable bonds is 21. The van der Waals surface area contributed by atoms with Crippen LogP contribution in [0.1, 0.15) is 93.1 Å². The number of ether oxygens (including phenoxy) is 3. The molecule has 0 aliphatic carbocycles. The third-order valence-electron chi connectivity index (χ3n) is 12.9. The summed E-state index contributed by atoms with van der Waals surface area (Å²) in [6.07, 6.45) is 18.0. The summed E-state index contributed by atoms with van der Waals surface area (Å²) in [6.45, 7) is 4.35. The van der Waals surface area contributed by atoms with Crippen LogP contribution in [0.3, 0.4) is 0 Å². The molecular formula is C57H45F12GaN6O3. The number of aromatic nitrogens is 3. The van der Waals surface area contributed by atoms with E-state index >= 15 is 52.7 Å². The number of benzene rings is 3. The average molecular weight is 1160 g/mol. The molecule has 0 saturated heterocycles. The number of hydrogen-bond acceptors (Lipinski definition) is 6. The predicted molar refractivity (Wildman–Crippen MR) is 276 cm³/mol. The molecule has 0 radical (unpaired) electrons. The zero-order valence-corrected chi connectivity index (χ0v) is 44.7. The van der Waals surface area contributed by atoms with E-state index in [0.29, 0.717) is 19.3 Å². The zero-order chi connectivity index (χ0) is 56.2. The number of unbranched alkanes of at least 4 members (excludes halogenated alkanes) is 3. The third-order valence-corrected chi connectivity index (χ3v) is 18.9. The Bertz CT molecular complexity index is 3170. The van der Waals surface area contributed by atoms with Crippen LogP contribution < -0.4 is 14.2 Å². The second-order valence-electron chi connectivity index (χ2n) is 17.9. The first-order chi connectivity index (χ1) is 38.2. The van der Waals surface area contributed by atoms with Gasteiger partial charge in [0, 0.05) is 0 Å². The molecule has 0 bridgehead atoms. The van der Waals surface area contributed by atoms with Crippen molar-refractivity contribution in [3.63, 3.8) is 0 Å². The Balaban J connectivity index is 1.36. The Morgan fingerprint density at radius 2 is 0.646 bits per heavy atom. The van der Waals surface area contributed by atoms with E-state index in [1.807, 2.05) is 0 Å². The Hall–Kier alpha value is -7.85. The van der Waals surface area contributed by atoms with E-state index in [9.17, 15) is 0 Å². The molecule has 3 aromatic carbocycles. The van der Waals surface area contributed by atoms with Crippen molar-refractivity contribution in [1.29, 1.82) is 0 Å². The van der Waals surface area contributed by atoms with E-state index in [1.165, 1.54) is 120 Å². The van der Waals surface area contributed by atoms with Crippen LogP contribution >= 0.6 is 0 Å². The topological polar surface area (TPSA) is 79.6 Å². The first kappa shape index (κ1) is 55.9. The Kier molecular flexibility index (Phi) is 17.0. The Morgan fingerprint density at radius 3 is 0.861 bits per heavy atom. The molecule has 3 aliphatic heterocycles. The van der Waals surface area contributed by atoms with Crippen LogP contribution in [-0.2, 0) is 0 Å².